The van der Waals surface area contributed by atoms with Crippen molar-refractivity contribution in [1.29, 1.82) is 0 Å². The minimum Gasteiger partial charge on any atom is -0.495 e. The van der Waals surface area contributed by atoms with Crippen molar-refractivity contribution in [2.24, 2.45) is 0 Å². The quantitative estimate of drug-likeness (QED) is 0.670. The molecule has 0 fully saturated rings. The Bertz CT molecular complexity index is 1030. The molecule has 27 heavy (non-hydrogen) atoms. The van der Waals surface area contributed by atoms with Crippen LogP contribution in [-0.2, 0) is 16.4 Å². The minimum absolute atomic E-state index is 0.107. The number of aromatic nitrogens is 2. The molecule has 0 spiro atoms. The van der Waals surface area contributed by atoms with E-state index < -0.39 is 10.0 Å². The zero-order valence-corrected chi connectivity index (χ0v) is 16.2. The number of hydrogen-bond donors (Lipinski definition) is 1. The highest BCUT2D eigenvalue weighted by molar-refractivity contribution is 7.89. The van der Waals surface area contributed by atoms with E-state index in [1.165, 1.54) is 7.11 Å². The van der Waals surface area contributed by atoms with Gasteiger partial charge in [0, 0.05) is 18.5 Å². The van der Waals surface area contributed by atoms with Crippen molar-refractivity contribution >= 4 is 10.0 Å². The summed E-state index contributed by atoms with van der Waals surface area (Å²) in [4.78, 5) is 0.107. The lowest BCUT2D eigenvalue weighted by Gasteiger charge is -2.11. The van der Waals surface area contributed by atoms with Crippen molar-refractivity contribution in [1.82, 2.24) is 14.9 Å². The van der Waals surface area contributed by atoms with Gasteiger partial charge in [-0.15, -0.1) is 10.2 Å². The van der Waals surface area contributed by atoms with Gasteiger partial charge in [-0.2, -0.15) is 0 Å². The molecule has 0 bridgehead atoms. The highest BCUT2D eigenvalue weighted by Gasteiger charge is 2.19. The van der Waals surface area contributed by atoms with Crippen LogP contribution >= 0.6 is 0 Å². The second-order valence-electron chi connectivity index (χ2n) is 6.17. The number of hydrogen-bond acceptors (Lipinski definition) is 6. The van der Waals surface area contributed by atoms with E-state index in [9.17, 15) is 8.42 Å². The van der Waals surface area contributed by atoms with Crippen LogP contribution in [0.4, 0.5) is 0 Å². The highest BCUT2D eigenvalue weighted by atomic mass is 32.2. The molecule has 3 rings (SSSR count). The maximum Gasteiger partial charge on any atom is 0.247 e. The van der Waals surface area contributed by atoms with Gasteiger partial charge in [-0.05, 0) is 43.7 Å². The molecule has 0 unspecified atom stereocenters. The van der Waals surface area contributed by atoms with Gasteiger partial charge in [-0.25, -0.2) is 13.1 Å². The Morgan fingerprint density at radius 3 is 2.44 bits per heavy atom. The van der Waals surface area contributed by atoms with Gasteiger partial charge < -0.3 is 9.15 Å². The number of ether oxygens (including phenoxy) is 1. The number of aryl methyl sites for hydroxylation is 2. The number of rotatable bonds is 7. The lowest BCUT2D eigenvalue weighted by atomic mass is 10.1. The summed E-state index contributed by atoms with van der Waals surface area (Å²) in [6.45, 7) is 3.96. The zero-order chi connectivity index (χ0) is 19.4. The number of methoxy groups -OCH3 is 1. The van der Waals surface area contributed by atoms with Gasteiger partial charge in [0.2, 0.25) is 21.8 Å². The first-order chi connectivity index (χ1) is 12.9. The number of benzene rings is 2. The Morgan fingerprint density at radius 1 is 1.04 bits per heavy atom. The van der Waals surface area contributed by atoms with E-state index >= 15 is 0 Å². The fraction of sp³-hybridized carbons (Fsp3) is 0.263. The van der Waals surface area contributed by atoms with Crippen LogP contribution in [0.1, 0.15) is 17.0 Å². The Kier molecular flexibility index (Phi) is 5.57. The van der Waals surface area contributed by atoms with E-state index in [1.54, 1.807) is 18.2 Å². The maximum absolute atomic E-state index is 12.6. The smallest absolute Gasteiger partial charge is 0.247 e. The number of nitrogens with zero attached hydrogens (tertiary/aromatic N) is 2. The molecular weight excluding hydrogens is 366 g/mol. The monoisotopic (exact) mass is 387 g/mol. The van der Waals surface area contributed by atoms with Crippen LogP contribution in [0.25, 0.3) is 11.5 Å². The largest absolute Gasteiger partial charge is 0.495 e. The SMILES string of the molecule is COc1ccc(C)cc1S(=O)(=O)NCCc1nnc(-c2ccc(C)cc2)o1. The Balaban J connectivity index is 1.66. The summed E-state index contributed by atoms with van der Waals surface area (Å²) in [6, 6.07) is 12.7. The van der Waals surface area contributed by atoms with Crippen LogP contribution in [0.2, 0.25) is 0 Å². The third kappa shape index (κ3) is 4.53. The topological polar surface area (TPSA) is 94.3 Å². The van der Waals surface area contributed by atoms with E-state index in [4.69, 9.17) is 9.15 Å². The van der Waals surface area contributed by atoms with Crippen LogP contribution in [0, 0.1) is 13.8 Å². The van der Waals surface area contributed by atoms with E-state index in [1.807, 2.05) is 38.1 Å². The molecule has 142 valence electrons. The Labute approximate surface area is 158 Å². The van der Waals surface area contributed by atoms with E-state index in [2.05, 4.69) is 14.9 Å². The molecular formula is C19H21N3O4S. The molecule has 3 aromatic rings. The molecule has 0 amide bonds. The van der Waals surface area contributed by atoms with Crippen molar-refractivity contribution < 1.29 is 17.6 Å². The average molecular weight is 387 g/mol. The first-order valence-corrected chi connectivity index (χ1v) is 9.91. The molecule has 0 atom stereocenters. The van der Waals surface area contributed by atoms with Gasteiger partial charge in [-0.3, -0.25) is 0 Å². The third-order valence-electron chi connectivity index (χ3n) is 4.00. The van der Waals surface area contributed by atoms with Crippen molar-refractivity contribution in [2.45, 2.75) is 25.2 Å². The molecule has 0 saturated heterocycles. The molecule has 7 nitrogen and oxygen atoms in total. The normalized spacial score (nSPS) is 11.5. The van der Waals surface area contributed by atoms with Gasteiger partial charge >= 0.3 is 0 Å². The van der Waals surface area contributed by atoms with Crippen molar-refractivity contribution in [2.75, 3.05) is 13.7 Å². The van der Waals surface area contributed by atoms with E-state index in [0.717, 1.165) is 16.7 Å². The average Bonchev–Trinajstić information content (AvgIpc) is 3.11. The fourth-order valence-electron chi connectivity index (χ4n) is 2.53. The molecule has 0 aliphatic carbocycles. The van der Waals surface area contributed by atoms with Gasteiger partial charge in [0.05, 0.1) is 7.11 Å². The number of sulfonamides is 1. The van der Waals surface area contributed by atoms with E-state index in [0.29, 0.717) is 17.5 Å². The van der Waals surface area contributed by atoms with Crippen molar-refractivity contribution in [3.63, 3.8) is 0 Å². The predicted octanol–water partition coefficient (Wildman–Crippen LogP) is 2.88. The summed E-state index contributed by atoms with van der Waals surface area (Å²) in [7, 11) is -2.27. The Morgan fingerprint density at radius 2 is 1.74 bits per heavy atom. The summed E-state index contributed by atoms with van der Waals surface area (Å²) in [5.41, 5.74) is 2.79. The molecule has 0 aliphatic heterocycles. The van der Waals surface area contributed by atoms with Crippen LogP contribution in [-0.4, -0.2) is 32.3 Å². The van der Waals surface area contributed by atoms with Gasteiger partial charge in [-0.1, -0.05) is 23.8 Å². The fourth-order valence-corrected chi connectivity index (χ4v) is 3.82. The second-order valence-corrected chi connectivity index (χ2v) is 7.90. The van der Waals surface area contributed by atoms with Crippen molar-refractivity contribution in [3.8, 4) is 17.2 Å². The van der Waals surface area contributed by atoms with Crippen LogP contribution in [0.3, 0.4) is 0 Å². The zero-order valence-electron chi connectivity index (χ0n) is 15.4. The highest BCUT2D eigenvalue weighted by Crippen LogP contribution is 2.24. The first-order valence-electron chi connectivity index (χ1n) is 8.43. The summed E-state index contributed by atoms with van der Waals surface area (Å²) in [5.74, 6) is 1.07. The molecule has 1 heterocycles. The van der Waals surface area contributed by atoms with Gasteiger partial charge in [0.15, 0.2) is 0 Å². The lowest BCUT2D eigenvalue weighted by molar-refractivity contribution is 0.402. The first kappa shape index (κ1) is 19.1. The summed E-state index contributed by atoms with van der Waals surface area (Å²) >= 11 is 0. The molecule has 1 N–H and O–H groups in total. The third-order valence-corrected chi connectivity index (χ3v) is 5.49. The Hall–Kier alpha value is -2.71. The summed E-state index contributed by atoms with van der Waals surface area (Å²) < 4.78 is 38.4. The van der Waals surface area contributed by atoms with Crippen LogP contribution < -0.4 is 9.46 Å². The molecule has 0 radical (unpaired) electrons. The maximum atomic E-state index is 12.6. The van der Waals surface area contributed by atoms with Gasteiger partial charge in [0.25, 0.3) is 0 Å². The summed E-state index contributed by atoms with van der Waals surface area (Å²) in [5, 5.41) is 7.99. The standard InChI is InChI=1S/C19H21N3O4S/c1-13-4-7-15(8-5-13)19-22-21-18(26-19)10-11-20-27(23,24)17-12-14(2)6-9-16(17)25-3/h4-9,12,20H,10-11H2,1-3H3. The molecule has 0 aliphatic rings. The molecule has 0 saturated carbocycles. The second kappa shape index (κ2) is 7.89. The lowest BCUT2D eigenvalue weighted by Crippen LogP contribution is -2.26. The molecule has 1 aromatic heterocycles. The molecule has 2 aromatic carbocycles. The van der Waals surface area contributed by atoms with Gasteiger partial charge in [0.1, 0.15) is 10.6 Å². The van der Waals surface area contributed by atoms with Crippen LogP contribution in [0.15, 0.2) is 51.8 Å². The van der Waals surface area contributed by atoms with Crippen molar-refractivity contribution in [3.05, 3.63) is 59.5 Å². The van der Waals surface area contributed by atoms with E-state index in [-0.39, 0.29) is 17.9 Å². The predicted molar refractivity (Wildman–Crippen MR) is 101 cm³/mol. The van der Waals surface area contributed by atoms with Crippen LogP contribution in [0.5, 0.6) is 5.75 Å². The molecule has 8 heteroatoms. The minimum atomic E-state index is -3.71. The number of nitrogens with one attached hydrogen (secondary N) is 1. The summed E-state index contributed by atoms with van der Waals surface area (Å²) in [6.07, 6.45) is 0.284.